The van der Waals surface area contributed by atoms with Crippen LogP contribution in [0.4, 0.5) is 13.2 Å². The quantitative estimate of drug-likeness (QED) is 0.832. The van der Waals surface area contributed by atoms with Gasteiger partial charge in [-0.3, -0.25) is 4.68 Å². The van der Waals surface area contributed by atoms with E-state index in [9.17, 15) is 13.2 Å². The van der Waals surface area contributed by atoms with E-state index in [1.54, 1.807) is 12.3 Å². The van der Waals surface area contributed by atoms with Crippen molar-refractivity contribution in [3.05, 3.63) is 30.0 Å². The third-order valence-corrected chi connectivity index (χ3v) is 4.50. The lowest BCUT2D eigenvalue weighted by Gasteiger charge is -2.34. The second-order valence-corrected chi connectivity index (χ2v) is 6.22. The number of likely N-dealkylation sites (tertiary alicyclic amines) is 1. The molecule has 0 atom stereocenters. The highest BCUT2D eigenvalue weighted by molar-refractivity contribution is 5.79. The van der Waals surface area contributed by atoms with Gasteiger partial charge < -0.3 is 4.90 Å². The monoisotopic (exact) mass is 311 g/mol. The number of benzene rings is 1. The Bertz CT molecular complexity index is 652. The van der Waals surface area contributed by atoms with E-state index in [1.807, 2.05) is 4.68 Å². The summed E-state index contributed by atoms with van der Waals surface area (Å²) in [6.45, 7) is 6.37. The zero-order chi connectivity index (χ0) is 15.9. The maximum Gasteiger partial charge on any atom is 0.416 e. The summed E-state index contributed by atoms with van der Waals surface area (Å²) in [7, 11) is 0. The Labute approximate surface area is 127 Å². The molecule has 0 saturated carbocycles. The summed E-state index contributed by atoms with van der Waals surface area (Å²) in [6, 6.07) is 4.67. The van der Waals surface area contributed by atoms with Crippen LogP contribution in [0.15, 0.2) is 24.4 Å². The van der Waals surface area contributed by atoms with E-state index in [0.717, 1.165) is 37.5 Å². The first-order chi connectivity index (χ1) is 10.4. The van der Waals surface area contributed by atoms with Gasteiger partial charge in [-0.1, -0.05) is 0 Å². The van der Waals surface area contributed by atoms with Crippen LogP contribution in [0.25, 0.3) is 10.9 Å². The third kappa shape index (κ3) is 2.84. The topological polar surface area (TPSA) is 21.1 Å². The third-order valence-electron chi connectivity index (χ3n) is 4.50. The van der Waals surface area contributed by atoms with Gasteiger partial charge in [0.1, 0.15) is 0 Å². The molecule has 22 heavy (non-hydrogen) atoms. The minimum atomic E-state index is -4.31. The summed E-state index contributed by atoms with van der Waals surface area (Å²) in [5.74, 6) is 0. The van der Waals surface area contributed by atoms with Crippen LogP contribution in [-0.2, 0) is 6.18 Å². The average Bonchev–Trinajstić information content (AvgIpc) is 2.89. The number of alkyl halides is 3. The molecule has 1 aliphatic heterocycles. The smallest absolute Gasteiger partial charge is 0.301 e. The van der Waals surface area contributed by atoms with Crippen molar-refractivity contribution in [2.24, 2.45) is 0 Å². The lowest BCUT2D eigenvalue weighted by molar-refractivity contribution is -0.137. The average molecular weight is 311 g/mol. The fraction of sp³-hybridized carbons (Fsp3) is 0.562. The van der Waals surface area contributed by atoms with Gasteiger partial charge in [-0.25, -0.2) is 0 Å². The molecule has 0 N–H and O–H groups in total. The zero-order valence-corrected chi connectivity index (χ0v) is 12.8. The molecule has 2 heterocycles. The van der Waals surface area contributed by atoms with Gasteiger partial charge in [-0.05, 0) is 44.9 Å². The molecule has 1 aliphatic rings. The number of aromatic nitrogens is 2. The largest absolute Gasteiger partial charge is 0.416 e. The van der Waals surface area contributed by atoms with Crippen molar-refractivity contribution in [1.82, 2.24) is 14.7 Å². The number of halogens is 3. The van der Waals surface area contributed by atoms with Crippen molar-refractivity contribution in [2.75, 3.05) is 13.1 Å². The fourth-order valence-corrected chi connectivity index (χ4v) is 3.17. The molecular weight excluding hydrogens is 291 g/mol. The van der Waals surface area contributed by atoms with Gasteiger partial charge in [0.05, 0.1) is 23.3 Å². The Morgan fingerprint density at radius 1 is 1.18 bits per heavy atom. The van der Waals surface area contributed by atoms with Crippen LogP contribution in [-0.4, -0.2) is 33.8 Å². The van der Waals surface area contributed by atoms with Gasteiger partial charge in [0.2, 0.25) is 0 Å². The number of hydrogen-bond donors (Lipinski definition) is 0. The van der Waals surface area contributed by atoms with E-state index in [4.69, 9.17) is 0 Å². The Kier molecular flexibility index (Phi) is 3.89. The Morgan fingerprint density at radius 2 is 1.86 bits per heavy atom. The summed E-state index contributed by atoms with van der Waals surface area (Å²) >= 11 is 0. The van der Waals surface area contributed by atoms with Gasteiger partial charge in [0.15, 0.2) is 0 Å². The number of piperidine rings is 1. The van der Waals surface area contributed by atoms with Crippen molar-refractivity contribution in [1.29, 1.82) is 0 Å². The molecule has 3 nitrogen and oxygen atoms in total. The number of nitrogens with zero attached hydrogens (tertiary/aromatic N) is 3. The summed E-state index contributed by atoms with van der Waals surface area (Å²) in [4.78, 5) is 2.42. The van der Waals surface area contributed by atoms with Gasteiger partial charge in [-0.2, -0.15) is 18.3 Å². The molecule has 0 bridgehead atoms. The standard InChI is InChI=1S/C16H20F3N3/c1-11(2)21-7-5-14(6-8-21)22-15-4-3-13(16(17,18)19)9-12(15)10-20-22/h3-4,9-11,14H,5-8H2,1-2H3. The molecule has 0 spiro atoms. The first-order valence-corrected chi connectivity index (χ1v) is 7.65. The van der Waals surface area contributed by atoms with Crippen molar-refractivity contribution in [3.63, 3.8) is 0 Å². The van der Waals surface area contributed by atoms with Crippen LogP contribution >= 0.6 is 0 Å². The van der Waals surface area contributed by atoms with Gasteiger partial charge in [0, 0.05) is 24.5 Å². The van der Waals surface area contributed by atoms with Gasteiger partial charge in [0.25, 0.3) is 0 Å². The van der Waals surface area contributed by atoms with Crippen LogP contribution in [0.2, 0.25) is 0 Å². The Hall–Kier alpha value is -1.56. The Balaban J connectivity index is 1.84. The molecule has 1 fully saturated rings. The summed E-state index contributed by atoms with van der Waals surface area (Å²) in [6.07, 6.45) is -0.801. The van der Waals surface area contributed by atoms with Crippen molar-refractivity contribution in [3.8, 4) is 0 Å². The summed E-state index contributed by atoms with van der Waals surface area (Å²) in [5, 5.41) is 4.90. The molecule has 1 saturated heterocycles. The second kappa shape index (κ2) is 5.57. The number of rotatable bonds is 2. The van der Waals surface area contributed by atoms with E-state index in [2.05, 4.69) is 23.8 Å². The van der Waals surface area contributed by atoms with Crippen LogP contribution in [0.1, 0.15) is 38.3 Å². The minimum Gasteiger partial charge on any atom is -0.301 e. The highest BCUT2D eigenvalue weighted by atomic mass is 19.4. The highest BCUT2D eigenvalue weighted by Crippen LogP contribution is 2.33. The Morgan fingerprint density at radius 3 is 2.45 bits per heavy atom. The molecule has 2 aromatic rings. The normalized spacial score (nSPS) is 18.5. The molecule has 1 aromatic heterocycles. The second-order valence-electron chi connectivity index (χ2n) is 6.22. The molecular formula is C16H20F3N3. The summed E-state index contributed by atoms with van der Waals surface area (Å²) in [5.41, 5.74) is 0.171. The zero-order valence-electron chi connectivity index (χ0n) is 12.8. The van der Waals surface area contributed by atoms with Crippen LogP contribution in [0, 0.1) is 0 Å². The van der Waals surface area contributed by atoms with Crippen LogP contribution in [0.3, 0.4) is 0 Å². The molecule has 0 aliphatic carbocycles. The maximum absolute atomic E-state index is 12.8. The highest BCUT2D eigenvalue weighted by Gasteiger charge is 2.31. The number of hydrogen-bond acceptors (Lipinski definition) is 2. The molecule has 1 aromatic carbocycles. The predicted molar refractivity (Wildman–Crippen MR) is 79.7 cm³/mol. The summed E-state index contributed by atoms with van der Waals surface area (Å²) < 4.78 is 40.2. The molecule has 6 heteroatoms. The molecule has 0 amide bonds. The molecule has 0 radical (unpaired) electrons. The molecule has 0 unspecified atom stereocenters. The van der Waals surface area contributed by atoms with Gasteiger partial charge >= 0.3 is 6.18 Å². The van der Waals surface area contributed by atoms with Crippen LogP contribution < -0.4 is 0 Å². The minimum absolute atomic E-state index is 0.268. The van der Waals surface area contributed by atoms with Crippen molar-refractivity contribution >= 4 is 10.9 Å². The number of fused-ring (bicyclic) bond motifs is 1. The molecule has 3 rings (SSSR count). The lowest BCUT2D eigenvalue weighted by atomic mass is 10.0. The van der Waals surface area contributed by atoms with Crippen molar-refractivity contribution < 1.29 is 13.2 Å². The molecule has 120 valence electrons. The maximum atomic E-state index is 12.8. The SMILES string of the molecule is CC(C)N1CCC(n2ncc3cc(C(F)(F)F)ccc32)CC1. The van der Waals surface area contributed by atoms with Gasteiger partial charge in [-0.15, -0.1) is 0 Å². The predicted octanol–water partition coefficient (Wildman–Crippen LogP) is 4.10. The van der Waals surface area contributed by atoms with Crippen LogP contribution in [0.5, 0.6) is 0 Å². The van der Waals surface area contributed by atoms with E-state index in [-0.39, 0.29) is 6.04 Å². The van der Waals surface area contributed by atoms with E-state index < -0.39 is 11.7 Å². The first-order valence-electron chi connectivity index (χ1n) is 7.65. The first kappa shape index (κ1) is 15.3. The fourth-order valence-electron chi connectivity index (χ4n) is 3.17. The lowest BCUT2D eigenvalue weighted by Crippen LogP contribution is -2.39. The van der Waals surface area contributed by atoms with E-state index in [1.165, 1.54) is 6.07 Å². The van der Waals surface area contributed by atoms with E-state index in [0.29, 0.717) is 11.4 Å². The van der Waals surface area contributed by atoms with E-state index >= 15 is 0 Å². The van der Waals surface area contributed by atoms with Crippen molar-refractivity contribution in [2.45, 2.75) is 44.9 Å².